The van der Waals surface area contributed by atoms with Crippen LogP contribution in [-0.4, -0.2) is 22.7 Å². The molecule has 0 aliphatic rings. The van der Waals surface area contributed by atoms with E-state index in [-0.39, 0.29) is 18.2 Å². The molecule has 0 bridgehead atoms. The molecule has 0 saturated carbocycles. The van der Waals surface area contributed by atoms with E-state index in [9.17, 15) is 13.2 Å². The van der Waals surface area contributed by atoms with E-state index in [1.165, 1.54) is 6.07 Å². The Bertz CT molecular complexity index is 346. The van der Waals surface area contributed by atoms with E-state index >= 15 is 0 Å². The highest BCUT2D eigenvalue weighted by atomic mass is 19.4. The average molecular weight is 249 g/mol. The Morgan fingerprint density at radius 3 is 2.47 bits per heavy atom. The molecule has 1 aromatic heterocycles. The molecule has 0 atom stereocenters. The number of nitrogens with zero attached hydrogens (tertiary/aromatic N) is 2. The van der Waals surface area contributed by atoms with Crippen molar-refractivity contribution < 1.29 is 13.2 Å². The molecular formula is C9H14F3N5. The van der Waals surface area contributed by atoms with Crippen LogP contribution in [-0.2, 0) is 0 Å². The quantitative estimate of drug-likeness (QED) is 0.692. The van der Waals surface area contributed by atoms with E-state index in [4.69, 9.17) is 11.5 Å². The number of hydrogen-bond acceptors (Lipinski definition) is 5. The normalized spacial score (nSPS) is 11.5. The highest BCUT2D eigenvalue weighted by Gasteiger charge is 2.25. The maximum absolute atomic E-state index is 11.8. The van der Waals surface area contributed by atoms with Crippen LogP contribution in [0, 0.1) is 0 Å². The zero-order chi connectivity index (χ0) is 12.9. The Morgan fingerprint density at radius 1 is 1.18 bits per heavy atom. The molecule has 0 saturated heterocycles. The maximum atomic E-state index is 11.8. The van der Waals surface area contributed by atoms with Crippen LogP contribution in [0.4, 0.5) is 30.8 Å². The van der Waals surface area contributed by atoms with Gasteiger partial charge in [0.25, 0.3) is 0 Å². The lowest BCUT2D eigenvalue weighted by atomic mass is 10.2. The third kappa shape index (κ3) is 5.79. The molecule has 1 rings (SSSR count). The van der Waals surface area contributed by atoms with Crippen LogP contribution in [0.3, 0.4) is 0 Å². The van der Waals surface area contributed by atoms with Crippen molar-refractivity contribution in [2.24, 2.45) is 0 Å². The number of halogens is 3. The van der Waals surface area contributed by atoms with Gasteiger partial charge in [0.2, 0.25) is 5.95 Å². The number of anilines is 3. The molecule has 0 aliphatic heterocycles. The summed E-state index contributed by atoms with van der Waals surface area (Å²) in [5, 5.41) is 2.83. The fraction of sp³-hybridized carbons (Fsp3) is 0.556. The van der Waals surface area contributed by atoms with Crippen molar-refractivity contribution in [3.63, 3.8) is 0 Å². The van der Waals surface area contributed by atoms with Gasteiger partial charge in [-0.25, -0.2) is 0 Å². The molecule has 1 aromatic rings. The standard InChI is InChI=1S/C9H14F3N5/c10-9(11,12)3-1-2-4-15-7-5-6(13)16-8(14)17-7/h5H,1-4H2,(H5,13,14,15,16,17). The number of rotatable bonds is 5. The third-order valence-electron chi connectivity index (χ3n) is 1.96. The minimum atomic E-state index is -4.09. The Kier molecular flexibility index (Phi) is 4.36. The van der Waals surface area contributed by atoms with Crippen molar-refractivity contribution in [1.29, 1.82) is 0 Å². The summed E-state index contributed by atoms with van der Waals surface area (Å²) >= 11 is 0. The smallest absolute Gasteiger partial charge is 0.383 e. The van der Waals surface area contributed by atoms with Gasteiger partial charge in [0, 0.05) is 19.0 Å². The molecule has 0 radical (unpaired) electrons. The van der Waals surface area contributed by atoms with Crippen LogP contribution in [0.15, 0.2) is 6.07 Å². The Morgan fingerprint density at radius 2 is 1.88 bits per heavy atom. The predicted octanol–water partition coefficient (Wildman–Crippen LogP) is 1.79. The molecule has 5 nitrogen and oxygen atoms in total. The second-order valence-corrected chi connectivity index (χ2v) is 3.54. The van der Waals surface area contributed by atoms with Gasteiger partial charge in [0.15, 0.2) is 0 Å². The first-order valence-electron chi connectivity index (χ1n) is 5.07. The first-order valence-corrected chi connectivity index (χ1v) is 5.07. The summed E-state index contributed by atoms with van der Waals surface area (Å²) in [7, 11) is 0. The summed E-state index contributed by atoms with van der Waals surface area (Å²) in [6.07, 6.45) is -4.40. The largest absolute Gasteiger partial charge is 0.389 e. The first-order chi connectivity index (χ1) is 7.87. The summed E-state index contributed by atoms with van der Waals surface area (Å²) in [6.45, 7) is 0.381. The van der Waals surface area contributed by atoms with Gasteiger partial charge in [-0.05, 0) is 12.8 Å². The Balaban J connectivity index is 2.27. The number of alkyl halides is 3. The molecule has 96 valence electrons. The van der Waals surface area contributed by atoms with Crippen molar-refractivity contribution in [2.45, 2.75) is 25.4 Å². The topological polar surface area (TPSA) is 89.8 Å². The highest BCUT2D eigenvalue weighted by molar-refractivity contribution is 5.48. The van der Waals surface area contributed by atoms with Crippen molar-refractivity contribution in [1.82, 2.24) is 9.97 Å². The van der Waals surface area contributed by atoms with E-state index in [1.807, 2.05) is 0 Å². The van der Waals surface area contributed by atoms with Crippen molar-refractivity contribution in [3.8, 4) is 0 Å². The molecule has 0 aliphatic carbocycles. The molecule has 5 N–H and O–H groups in total. The Labute approximate surface area is 96.4 Å². The SMILES string of the molecule is Nc1cc(NCCCCC(F)(F)F)nc(N)n1. The number of nitrogen functional groups attached to an aromatic ring is 2. The fourth-order valence-corrected chi connectivity index (χ4v) is 1.24. The van der Waals surface area contributed by atoms with Crippen LogP contribution < -0.4 is 16.8 Å². The second-order valence-electron chi connectivity index (χ2n) is 3.54. The van der Waals surface area contributed by atoms with Crippen LogP contribution in [0.2, 0.25) is 0 Å². The maximum Gasteiger partial charge on any atom is 0.389 e. The van der Waals surface area contributed by atoms with Crippen molar-refractivity contribution in [2.75, 3.05) is 23.3 Å². The van der Waals surface area contributed by atoms with Gasteiger partial charge >= 0.3 is 6.18 Å². The van der Waals surface area contributed by atoms with Gasteiger partial charge in [-0.2, -0.15) is 23.1 Å². The van der Waals surface area contributed by atoms with Gasteiger partial charge in [0.1, 0.15) is 11.6 Å². The molecule has 0 aromatic carbocycles. The van der Waals surface area contributed by atoms with Gasteiger partial charge in [-0.1, -0.05) is 0 Å². The van der Waals surface area contributed by atoms with E-state index in [2.05, 4.69) is 15.3 Å². The molecular weight excluding hydrogens is 235 g/mol. The molecule has 1 heterocycles. The highest BCUT2D eigenvalue weighted by Crippen LogP contribution is 2.22. The molecule has 0 spiro atoms. The first kappa shape index (κ1) is 13.3. The summed E-state index contributed by atoms with van der Waals surface area (Å²) in [5.74, 6) is 0.667. The lowest BCUT2D eigenvalue weighted by molar-refractivity contribution is -0.135. The molecule has 8 heteroatoms. The lowest BCUT2D eigenvalue weighted by Crippen LogP contribution is -2.10. The van der Waals surface area contributed by atoms with Crippen LogP contribution in [0.25, 0.3) is 0 Å². The lowest BCUT2D eigenvalue weighted by Gasteiger charge is -2.08. The van der Waals surface area contributed by atoms with E-state index in [0.29, 0.717) is 18.8 Å². The molecule has 0 unspecified atom stereocenters. The zero-order valence-corrected chi connectivity index (χ0v) is 9.09. The third-order valence-corrected chi connectivity index (χ3v) is 1.96. The number of nitrogens with one attached hydrogen (secondary N) is 1. The van der Waals surface area contributed by atoms with Crippen molar-refractivity contribution in [3.05, 3.63) is 6.07 Å². The van der Waals surface area contributed by atoms with Crippen LogP contribution in [0.5, 0.6) is 0 Å². The van der Waals surface area contributed by atoms with E-state index < -0.39 is 12.6 Å². The summed E-state index contributed by atoms with van der Waals surface area (Å²) in [6, 6.07) is 1.47. The number of nitrogens with two attached hydrogens (primary N) is 2. The van der Waals surface area contributed by atoms with E-state index in [0.717, 1.165) is 0 Å². The number of hydrogen-bond donors (Lipinski definition) is 3. The zero-order valence-electron chi connectivity index (χ0n) is 9.09. The van der Waals surface area contributed by atoms with Gasteiger partial charge in [-0.15, -0.1) is 0 Å². The van der Waals surface area contributed by atoms with Gasteiger partial charge < -0.3 is 16.8 Å². The summed E-state index contributed by atoms with van der Waals surface area (Å²) in [5.41, 5.74) is 10.8. The molecule has 0 fully saturated rings. The molecule has 17 heavy (non-hydrogen) atoms. The van der Waals surface area contributed by atoms with E-state index in [1.54, 1.807) is 0 Å². The average Bonchev–Trinajstić information content (AvgIpc) is 2.13. The molecule has 0 amide bonds. The number of aromatic nitrogens is 2. The minimum Gasteiger partial charge on any atom is -0.383 e. The van der Waals surface area contributed by atoms with Gasteiger partial charge in [0.05, 0.1) is 0 Å². The minimum absolute atomic E-state index is 0.0304. The monoisotopic (exact) mass is 249 g/mol. The summed E-state index contributed by atoms with van der Waals surface area (Å²) in [4.78, 5) is 7.50. The van der Waals surface area contributed by atoms with Crippen LogP contribution >= 0.6 is 0 Å². The summed E-state index contributed by atoms with van der Waals surface area (Å²) < 4.78 is 35.5. The number of unbranched alkanes of at least 4 members (excludes halogenated alkanes) is 1. The van der Waals surface area contributed by atoms with Crippen LogP contribution in [0.1, 0.15) is 19.3 Å². The fourth-order valence-electron chi connectivity index (χ4n) is 1.24. The Hall–Kier alpha value is -1.73. The van der Waals surface area contributed by atoms with Gasteiger partial charge in [-0.3, -0.25) is 0 Å². The predicted molar refractivity (Wildman–Crippen MR) is 59.3 cm³/mol. The van der Waals surface area contributed by atoms with Crippen molar-refractivity contribution >= 4 is 17.6 Å². The second kappa shape index (κ2) is 5.55.